The van der Waals surface area contributed by atoms with E-state index in [2.05, 4.69) is 28.6 Å². The Morgan fingerprint density at radius 2 is 1.45 bits per heavy atom. The van der Waals surface area contributed by atoms with Crippen LogP contribution >= 0.6 is 12.6 Å². The predicted molar refractivity (Wildman–Crippen MR) is 113 cm³/mol. The molecule has 0 aromatic carbocycles. The Kier molecular flexibility index (Phi) is 12.8. The number of nitrogens with one attached hydrogen (secondary N) is 3. The van der Waals surface area contributed by atoms with Gasteiger partial charge in [-0.1, -0.05) is 13.8 Å². The number of aliphatic hydroxyl groups excluding tert-OH is 1. The number of rotatable bonds is 14. The van der Waals surface area contributed by atoms with Gasteiger partial charge in [0.2, 0.25) is 17.7 Å². The average Bonchev–Trinajstić information content (AvgIpc) is 2.66. The number of aliphatic carboxylic acids is 2. The second kappa shape index (κ2) is 13.8. The molecule has 3 amide bonds. The largest absolute Gasteiger partial charge is 0.481 e. The maximum absolute atomic E-state index is 12.7. The highest BCUT2D eigenvalue weighted by Gasteiger charge is 2.33. The molecular formula is C18H32N4O8S. The third kappa shape index (κ3) is 11.0. The van der Waals surface area contributed by atoms with E-state index in [4.69, 9.17) is 10.8 Å². The van der Waals surface area contributed by atoms with Crippen molar-refractivity contribution >= 4 is 42.3 Å². The number of aliphatic hydroxyl groups is 1. The van der Waals surface area contributed by atoms with Gasteiger partial charge < -0.3 is 37.0 Å². The number of hydrogen-bond acceptors (Lipinski definition) is 8. The molecule has 0 bridgehead atoms. The van der Waals surface area contributed by atoms with Gasteiger partial charge in [0.25, 0.3) is 0 Å². The fraction of sp³-hybridized carbons (Fsp3) is 0.722. The molecule has 12 nitrogen and oxygen atoms in total. The fourth-order valence-electron chi connectivity index (χ4n) is 2.51. The third-order valence-corrected chi connectivity index (χ3v) is 4.59. The van der Waals surface area contributed by atoms with E-state index in [1.165, 1.54) is 6.92 Å². The molecule has 0 rings (SSSR count). The normalized spacial score (nSPS) is 15.8. The van der Waals surface area contributed by atoms with Crippen LogP contribution in [0.4, 0.5) is 0 Å². The molecule has 0 aromatic heterocycles. The number of hydrogen-bond donors (Lipinski definition) is 8. The summed E-state index contributed by atoms with van der Waals surface area (Å²) >= 11 is 3.93. The van der Waals surface area contributed by atoms with Crippen LogP contribution < -0.4 is 21.7 Å². The summed E-state index contributed by atoms with van der Waals surface area (Å²) in [4.78, 5) is 59.2. The zero-order chi connectivity index (χ0) is 24.3. The van der Waals surface area contributed by atoms with Crippen LogP contribution in [0.5, 0.6) is 0 Å². The van der Waals surface area contributed by atoms with Gasteiger partial charge in [0, 0.05) is 12.2 Å². The molecule has 13 heteroatoms. The van der Waals surface area contributed by atoms with Gasteiger partial charge in [0.15, 0.2) is 0 Å². The van der Waals surface area contributed by atoms with Crippen LogP contribution in [0.3, 0.4) is 0 Å². The highest BCUT2D eigenvalue weighted by atomic mass is 32.1. The van der Waals surface area contributed by atoms with Crippen LogP contribution in [0.25, 0.3) is 0 Å². The summed E-state index contributed by atoms with van der Waals surface area (Å²) < 4.78 is 0. The molecule has 0 spiro atoms. The molecule has 178 valence electrons. The Hall–Kier alpha value is -2.38. The zero-order valence-corrected chi connectivity index (χ0v) is 18.6. The van der Waals surface area contributed by atoms with Gasteiger partial charge in [-0.2, -0.15) is 12.6 Å². The van der Waals surface area contributed by atoms with E-state index in [0.29, 0.717) is 0 Å². The number of amides is 3. The molecule has 31 heavy (non-hydrogen) atoms. The average molecular weight is 465 g/mol. The van der Waals surface area contributed by atoms with Gasteiger partial charge >= 0.3 is 11.9 Å². The minimum Gasteiger partial charge on any atom is -0.481 e. The minimum atomic E-state index is -1.54. The second-order valence-electron chi connectivity index (χ2n) is 7.54. The van der Waals surface area contributed by atoms with Gasteiger partial charge in [-0.3, -0.25) is 19.2 Å². The van der Waals surface area contributed by atoms with Crippen molar-refractivity contribution in [1.29, 1.82) is 0 Å². The summed E-state index contributed by atoms with van der Waals surface area (Å²) in [6.45, 7) is 4.83. The van der Waals surface area contributed by atoms with E-state index < -0.39 is 66.4 Å². The number of nitrogens with two attached hydrogens (primary N) is 1. The van der Waals surface area contributed by atoms with Gasteiger partial charge in [0.1, 0.15) is 18.1 Å². The van der Waals surface area contributed by atoms with Gasteiger partial charge in [-0.25, -0.2) is 4.79 Å². The molecular weight excluding hydrogens is 432 g/mol. The smallest absolute Gasteiger partial charge is 0.326 e. The highest BCUT2D eigenvalue weighted by molar-refractivity contribution is 7.80. The van der Waals surface area contributed by atoms with Crippen LogP contribution in [0.2, 0.25) is 0 Å². The molecule has 0 aliphatic carbocycles. The van der Waals surface area contributed by atoms with E-state index in [1.54, 1.807) is 0 Å². The van der Waals surface area contributed by atoms with Gasteiger partial charge in [0.05, 0.1) is 12.1 Å². The minimum absolute atomic E-state index is 0.0190. The van der Waals surface area contributed by atoms with Crippen molar-refractivity contribution in [2.24, 2.45) is 11.7 Å². The predicted octanol–water partition coefficient (Wildman–Crippen LogP) is -1.93. The van der Waals surface area contributed by atoms with Crippen molar-refractivity contribution in [2.45, 2.75) is 70.3 Å². The molecule has 5 atom stereocenters. The Balaban J connectivity index is 5.37. The number of thiol groups is 1. The first-order valence-electron chi connectivity index (χ1n) is 9.70. The lowest BCUT2D eigenvalue weighted by Gasteiger charge is -2.27. The van der Waals surface area contributed by atoms with Crippen molar-refractivity contribution in [1.82, 2.24) is 16.0 Å². The standard InChI is InChI=1S/C18H32N4O8S/c1-8(2)6-12(21-15(26)10(19)7-31)16(27)22-14(9(3)23)17(28)20-11(18(29)30)4-5-13(24)25/h8-12,14,23,31H,4-7,19H2,1-3H3,(H,20,28)(H,21,26)(H,22,27)(H,24,25)(H,29,30). The van der Waals surface area contributed by atoms with Gasteiger partial charge in [-0.15, -0.1) is 0 Å². The van der Waals surface area contributed by atoms with Crippen molar-refractivity contribution in [3.63, 3.8) is 0 Å². The van der Waals surface area contributed by atoms with E-state index in [9.17, 15) is 34.2 Å². The van der Waals surface area contributed by atoms with Crippen molar-refractivity contribution in [3.8, 4) is 0 Å². The maximum Gasteiger partial charge on any atom is 0.326 e. The SMILES string of the molecule is CC(C)CC(NC(=O)C(N)CS)C(=O)NC(C(=O)NC(CCC(=O)O)C(=O)O)C(C)O. The molecule has 0 heterocycles. The van der Waals surface area contributed by atoms with Crippen molar-refractivity contribution < 1.29 is 39.3 Å². The molecule has 0 saturated heterocycles. The quantitative estimate of drug-likeness (QED) is 0.134. The summed E-state index contributed by atoms with van der Waals surface area (Å²) in [7, 11) is 0. The molecule has 0 aliphatic heterocycles. The third-order valence-electron chi connectivity index (χ3n) is 4.20. The number of carboxylic acids is 2. The molecule has 0 saturated carbocycles. The molecule has 8 N–H and O–H groups in total. The van der Waals surface area contributed by atoms with Crippen LogP contribution in [0, 0.1) is 5.92 Å². The van der Waals surface area contributed by atoms with E-state index >= 15 is 0 Å². The summed E-state index contributed by atoms with van der Waals surface area (Å²) in [5.41, 5.74) is 5.60. The lowest BCUT2D eigenvalue weighted by atomic mass is 10.0. The number of carbonyl (C=O) groups excluding carboxylic acids is 3. The summed E-state index contributed by atoms with van der Waals surface area (Å²) in [6, 6.07) is -5.08. The molecule has 0 fully saturated rings. The monoisotopic (exact) mass is 464 g/mol. The first kappa shape index (κ1) is 28.6. The zero-order valence-electron chi connectivity index (χ0n) is 17.7. The summed E-state index contributed by atoms with van der Waals surface area (Å²) in [6.07, 6.45) is -2.09. The van der Waals surface area contributed by atoms with Gasteiger partial charge in [-0.05, 0) is 25.7 Å². The van der Waals surface area contributed by atoms with E-state index in [1.807, 2.05) is 13.8 Å². The van der Waals surface area contributed by atoms with Crippen LogP contribution in [-0.2, 0) is 24.0 Å². The van der Waals surface area contributed by atoms with E-state index in [0.717, 1.165) is 0 Å². The first-order chi connectivity index (χ1) is 14.3. The molecule has 5 unspecified atom stereocenters. The summed E-state index contributed by atoms with van der Waals surface area (Å²) in [5, 5.41) is 34.7. The van der Waals surface area contributed by atoms with Crippen LogP contribution in [0.1, 0.15) is 40.0 Å². The van der Waals surface area contributed by atoms with Crippen LogP contribution in [-0.4, -0.2) is 81.0 Å². The Bertz CT molecular complexity index is 658. The maximum atomic E-state index is 12.7. The Labute approximate surface area is 185 Å². The van der Waals surface area contributed by atoms with E-state index in [-0.39, 0.29) is 24.5 Å². The first-order valence-corrected chi connectivity index (χ1v) is 10.3. The molecule has 0 radical (unpaired) electrons. The number of carbonyl (C=O) groups is 5. The number of carboxylic acid groups (broad SMARTS) is 2. The van der Waals surface area contributed by atoms with Crippen LogP contribution in [0.15, 0.2) is 0 Å². The van der Waals surface area contributed by atoms with Crippen molar-refractivity contribution in [2.75, 3.05) is 5.75 Å². The van der Waals surface area contributed by atoms with Crippen molar-refractivity contribution in [3.05, 3.63) is 0 Å². The Morgan fingerprint density at radius 1 is 0.903 bits per heavy atom. The molecule has 0 aromatic rings. The lowest BCUT2D eigenvalue weighted by Crippen LogP contribution is -2.60. The fourth-order valence-corrected chi connectivity index (χ4v) is 2.68. The highest BCUT2D eigenvalue weighted by Crippen LogP contribution is 2.07. The Morgan fingerprint density at radius 3 is 1.87 bits per heavy atom. The second-order valence-corrected chi connectivity index (χ2v) is 7.90. The topological polar surface area (TPSA) is 208 Å². The molecule has 0 aliphatic rings. The lowest BCUT2D eigenvalue weighted by molar-refractivity contribution is -0.144. The summed E-state index contributed by atoms with van der Waals surface area (Å²) in [5.74, 6) is -5.07.